The number of aromatic nitrogens is 2. The Morgan fingerprint density at radius 2 is 2.00 bits per heavy atom. The average Bonchev–Trinajstić information content (AvgIpc) is 2.87. The van der Waals surface area contributed by atoms with Gasteiger partial charge in [0, 0.05) is 18.0 Å². The van der Waals surface area contributed by atoms with Crippen LogP contribution in [0, 0.1) is 0 Å². The molecule has 102 valence electrons. The Kier molecular flexibility index (Phi) is 3.16. The Labute approximate surface area is 116 Å². The maximum absolute atomic E-state index is 5.79. The Balaban J connectivity index is 1.83. The molecule has 0 aliphatic rings. The van der Waals surface area contributed by atoms with E-state index in [-0.39, 0.29) is 0 Å². The van der Waals surface area contributed by atoms with Crippen molar-refractivity contribution in [3.8, 4) is 11.5 Å². The average molecular weight is 269 g/mol. The number of nitrogen functional groups attached to an aromatic ring is 1. The van der Waals surface area contributed by atoms with Crippen molar-refractivity contribution in [2.75, 3.05) is 12.8 Å². The number of rotatable bonds is 4. The van der Waals surface area contributed by atoms with E-state index in [0.29, 0.717) is 23.8 Å². The van der Waals surface area contributed by atoms with E-state index in [1.165, 1.54) is 0 Å². The summed E-state index contributed by atoms with van der Waals surface area (Å²) in [5, 5.41) is 0. The summed E-state index contributed by atoms with van der Waals surface area (Å²) in [4.78, 5) is 4.31. The van der Waals surface area contributed by atoms with E-state index in [9.17, 15) is 0 Å². The molecule has 0 bridgehead atoms. The van der Waals surface area contributed by atoms with Gasteiger partial charge in [0.1, 0.15) is 12.3 Å². The summed E-state index contributed by atoms with van der Waals surface area (Å²) in [6.45, 7) is 0.408. The van der Waals surface area contributed by atoms with Gasteiger partial charge in [-0.05, 0) is 18.2 Å². The molecule has 20 heavy (non-hydrogen) atoms. The van der Waals surface area contributed by atoms with Gasteiger partial charge in [-0.15, -0.1) is 0 Å². The summed E-state index contributed by atoms with van der Waals surface area (Å²) < 4.78 is 13.0. The third-order valence-electron chi connectivity index (χ3n) is 3.06. The molecule has 0 amide bonds. The standard InChI is InChI=1S/C15H15N3O2/c1-19-13-4-2-3-5-14(13)20-10-12-9-17-15-8-11(16)6-7-18(12)15/h2-9H,10,16H2,1H3. The molecule has 5 heteroatoms. The minimum atomic E-state index is 0.408. The largest absolute Gasteiger partial charge is 0.493 e. The van der Waals surface area contributed by atoms with Gasteiger partial charge in [0.05, 0.1) is 19.0 Å². The lowest BCUT2D eigenvalue weighted by molar-refractivity contribution is 0.280. The fourth-order valence-electron chi connectivity index (χ4n) is 2.05. The molecule has 0 fully saturated rings. The molecule has 3 aromatic rings. The summed E-state index contributed by atoms with van der Waals surface area (Å²) in [5.74, 6) is 1.42. The molecule has 0 radical (unpaired) electrons. The summed E-state index contributed by atoms with van der Waals surface area (Å²) in [6, 6.07) is 11.2. The van der Waals surface area contributed by atoms with Crippen LogP contribution in [-0.4, -0.2) is 16.5 Å². The second kappa shape index (κ2) is 5.13. The van der Waals surface area contributed by atoms with E-state index in [0.717, 1.165) is 11.3 Å². The van der Waals surface area contributed by atoms with E-state index in [2.05, 4.69) is 4.98 Å². The number of fused-ring (bicyclic) bond motifs is 1. The van der Waals surface area contributed by atoms with Crippen LogP contribution in [0.15, 0.2) is 48.8 Å². The van der Waals surface area contributed by atoms with Crippen molar-refractivity contribution in [3.63, 3.8) is 0 Å². The molecule has 1 aromatic carbocycles. The number of benzene rings is 1. The van der Waals surface area contributed by atoms with Crippen molar-refractivity contribution in [2.24, 2.45) is 0 Å². The van der Waals surface area contributed by atoms with Gasteiger partial charge >= 0.3 is 0 Å². The molecule has 0 saturated carbocycles. The third kappa shape index (κ3) is 2.25. The number of anilines is 1. The zero-order chi connectivity index (χ0) is 13.9. The predicted molar refractivity (Wildman–Crippen MR) is 76.9 cm³/mol. The lowest BCUT2D eigenvalue weighted by atomic mass is 10.3. The van der Waals surface area contributed by atoms with Crippen LogP contribution in [0.4, 0.5) is 5.69 Å². The second-order valence-corrected chi connectivity index (χ2v) is 4.38. The quantitative estimate of drug-likeness (QED) is 0.790. The summed E-state index contributed by atoms with van der Waals surface area (Å²) in [6.07, 6.45) is 3.67. The SMILES string of the molecule is COc1ccccc1OCc1cnc2cc(N)ccn12. The molecule has 0 spiro atoms. The van der Waals surface area contributed by atoms with Crippen molar-refractivity contribution < 1.29 is 9.47 Å². The highest BCUT2D eigenvalue weighted by atomic mass is 16.5. The number of hydrogen-bond acceptors (Lipinski definition) is 4. The maximum atomic E-state index is 5.79. The van der Waals surface area contributed by atoms with Crippen LogP contribution in [0.5, 0.6) is 11.5 Å². The van der Waals surface area contributed by atoms with Crippen LogP contribution in [0.2, 0.25) is 0 Å². The van der Waals surface area contributed by atoms with Gasteiger partial charge in [0.2, 0.25) is 0 Å². The Bertz CT molecular complexity index is 737. The van der Waals surface area contributed by atoms with Gasteiger partial charge in [-0.3, -0.25) is 0 Å². The minimum absolute atomic E-state index is 0.408. The number of nitrogens with two attached hydrogens (primary N) is 1. The molecule has 3 rings (SSSR count). The van der Waals surface area contributed by atoms with Crippen molar-refractivity contribution in [3.05, 3.63) is 54.5 Å². The highest BCUT2D eigenvalue weighted by Crippen LogP contribution is 2.26. The van der Waals surface area contributed by atoms with Gasteiger partial charge in [-0.1, -0.05) is 12.1 Å². The Morgan fingerprint density at radius 1 is 1.20 bits per heavy atom. The molecule has 2 aromatic heterocycles. The molecule has 2 heterocycles. The zero-order valence-electron chi connectivity index (χ0n) is 11.1. The van der Waals surface area contributed by atoms with Crippen LogP contribution < -0.4 is 15.2 Å². The van der Waals surface area contributed by atoms with Crippen LogP contribution in [0.1, 0.15) is 5.69 Å². The number of para-hydroxylation sites is 2. The Morgan fingerprint density at radius 3 is 2.80 bits per heavy atom. The molecule has 5 nitrogen and oxygen atoms in total. The number of ether oxygens (including phenoxy) is 2. The molecule has 0 unspecified atom stereocenters. The third-order valence-corrected chi connectivity index (χ3v) is 3.06. The number of hydrogen-bond donors (Lipinski definition) is 1. The lowest BCUT2D eigenvalue weighted by Gasteiger charge is -2.10. The predicted octanol–water partition coefficient (Wildman–Crippen LogP) is 2.50. The highest BCUT2D eigenvalue weighted by molar-refractivity contribution is 5.52. The fraction of sp³-hybridized carbons (Fsp3) is 0.133. The molecule has 2 N–H and O–H groups in total. The number of nitrogens with zero attached hydrogens (tertiary/aromatic N) is 2. The van der Waals surface area contributed by atoms with Crippen molar-refractivity contribution in [1.82, 2.24) is 9.38 Å². The van der Waals surface area contributed by atoms with Gasteiger partial charge < -0.3 is 19.6 Å². The molecule has 0 aliphatic carbocycles. The molecular weight excluding hydrogens is 254 g/mol. The molecule has 0 atom stereocenters. The molecule has 0 saturated heterocycles. The van der Waals surface area contributed by atoms with Crippen LogP contribution in [0.25, 0.3) is 5.65 Å². The van der Waals surface area contributed by atoms with Crippen molar-refractivity contribution in [2.45, 2.75) is 6.61 Å². The summed E-state index contributed by atoms with van der Waals surface area (Å²) in [7, 11) is 1.62. The zero-order valence-corrected chi connectivity index (χ0v) is 11.1. The first-order chi connectivity index (χ1) is 9.78. The maximum Gasteiger partial charge on any atom is 0.161 e. The first kappa shape index (κ1) is 12.3. The lowest BCUT2D eigenvalue weighted by Crippen LogP contribution is -2.01. The first-order valence-electron chi connectivity index (χ1n) is 6.25. The van der Waals surface area contributed by atoms with Crippen LogP contribution in [-0.2, 0) is 6.61 Å². The van der Waals surface area contributed by atoms with Crippen LogP contribution >= 0.6 is 0 Å². The van der Waals surface area contributed by atoms with Gasteiger partial charge in [0.15, 0.2) is 11.5 Å². The van der Waals surface area contributed by atoms with E-state index in [4.69, 9.17) is 15.2 Å². The summed E-state index contributed by atoms with van der Waals surface area (Å²) >= 11 is 0. The normalized spacial score (nSPS) is 10.7. The van der Waals surface area contributed by atoms with Gasteiger partial charge in [0.25, 0.3) is 0 Å². The first-order valence-corrected chi connectivity index (χ1v) is 6.25. The molecular formula is C15H15N3O2. The smallest absolute Gasteiger partial charge is 0.161 e. The minimum Gasteiger partial charge on any atom is -0.493 e. The van der Waals surface area contributed by atoms with Crippen molar-refractivity contribution in [1.29, 1.82) is 0 Å². The topological polar surface area (TPSA) is 61.8 Å². The molecule has 0 aliphatic heterocycles. The monoisotopic (exact) mass is 269 g/mol. The second-order valence-electron chi connectivity index (χ2n) is 4.38. The van der Waals surface area contributed by atoms with E-state index >= 15 is 0 Å². The number of imidazole rings is 1. The Hall–Kier alpha value is -2.69. The van der Waals surface area contributed by atoms with Crippen LogP contribution in [0.3, 0.4) is 0 Å². The number of pyridine rings is 1. The van der Waals surface area contributed by atoms with Crippen molar-refractivity contribution >= 4 is 11.3 Å². The van der Waals surface area contributed by atoms with Gasteiger partial charge in [-0.2, -0.15) is 0 Å². The number of methoxy groups -OCH3 is 1. The van der Waals surface area contributed by atoms with Gasteiger partial charge in [-0.25, -0.2) is 4.98 Å². The summed E-state index contributed by atoms with van der Waals surface area (Å²) in [5.41, 5.74) is 8.19. The fourth-order valence-corrected chi connectivity index (χ4v) is 2.05. The van der Waals surface area contributed by atoms with E-state index < -0.39 is 0 Å². The van der Waals surface area contributed by atoms with E-state index in [1.54, 1.807) is 13.3 Å². The van der Waals surface area contributed by atoms with E-state index in [1.807, 2.05) is 47.0 Å². The highest BCUT2D eigenvalue weighted by Gasteiger charge is 2.07.